The lowest BCUT2D eigenvalue weighted by atomic mass is 10.2. The summed E-state index contributed by atoms with van der Waals surface area (Å²) in [6, 6.07) is 17.0. The van der Waals surface area contributed by atoms with E-state index in [0.29, 0.717) is 24.4 Å². The second kappa shape index (κ2) is 5.79. The molecular weight excluding hydrogens is 264 g/mol. The van der Waals surface area contributed by atoms with Gasteiger partial charge in [-0.1, -0.05) is 30.3 Å². The van der Waals surface area contributed by atoms with Gasteiger partial charge in [0.1, 0.15) is 18.2 Å². The van der Waals surface area contributed by atoms with E-state index in [0.717, 1.165) is 11.3 Å². The van der Waals surface area contributed by atoms with Crippen molar-refractivity contribution in [2.75, 3.05) is 6.61 Å². The van der Waals surface area contributed by atoms with Gasteiger partial charge in [0.25, 0.3) is 5.56 Å². The molecule has 0 unspecified atom stereocenters. The summed E-state index contributed by atoms with van der Waals surface area (Å²) in [5.74, 6) is 1.51. The van der Waals surface area contributed by atoms with Crippen LogP contribution in [-0.2, 0) is 6.54 Å². The highest BCUT2D eigenvalue weighted by atomic mass is 16.5. The van der Waals surface area contributed by atoms with Crippen molar-refractivity contribution in [3.63, 3.8) is 0 Å². The highest BCUT2D eigenvalue weighted by Crippen LogP contribution is 2.09. The van der Waals surface area contributed by atoms with Crippen LogP contribution in [0.4, 0.5) is 0 Å². The van der Waals surface area contributed by atoms with Crippen LogP contribution >= 0.6 is 0 Å². The zero-order chi connectivity index (χ0) is 14.7. The molecule has 0 saturated heterocycles. The van der Waals surface area contributed by atoms with Crippen LogP contribution in [0.25, 0.3) is 10.9 Å². The fraction of sp³-hybridized carbons (Fsp3) is 0.176. The number of rotatable bonds is 4. The molecular formula is C17H16N2O2. The van der Waals surface area contributed by atoms with E-state index in [1.54, 1.807) is 10.6 Å². The summed E-state index contributed by atoms with van der Waals surface area (Å²) in [5, 5.41) is 0.641. The Morgan fingerprint density at radius 2 is 1.76 bits per heavy atom. The lowest BCUT2D eigenvalue weighted by Gasteiger charge is -2.11. The molecule has 0 bridgehead atoms. The SMILES string of the molecule is Cc1nc2ccccc2c(=O)n1CCOc1ccccc1. The highest BCUT2D eigenvalue weighted by Gasteiger charge is 2.07. The minimum Gasteiger partial charge on any atom is -0.492 e. The van der Waals surface area contributed by atoms with Gasteiger partial charge in [0.2, 0.25) is 0 Å². The molecule has 106 valence electrons. The number of para-hydroxylation sites is 2. The van der Waals surface area contributed by atoms with Crippen molar-refractivity contribution in [2.24, 2.45) is 0 Å². The number of nitrogens with zero attached hydrogens (tertiary/aromatic N) is 2. The Kier molecular flexibility index (Phi) is 3.69. The third-order valence-corrected chi connectivity index (χ3v) is 3.38. The lowest BCUT2D eigenvalue weighted by Crippen LogP contribution is -2.26. The van der Waals surface area contributed by atoms with Crippen LogP contribution in [0.5, 0.6) is 5.75 Å². The van der Waals surface area contributed by atoms with Crippen LogP contribution in [0.15, 0.2) is 59.4 Å². The van der Waals surface area contributed by atoms with Crippen LogP contribution in [0.2, 0.25) is 0 Å². The Morgan fingerprint density at radius 3 is 2.57 bits per heavy atom. The van der Waals surface area contributed by atoms with Gasteiger partial charge in [-0.25, -0.2) is 4.98 Å². The smallest absolute Gasteiger partial charge is 0.261 e. The first-order chi connectivity index (χ1) is 10.3. The quantitative estimate of drug-likeness (QED) is 0.738. The average Bonchev–Trinajstić information content (AvgIpc) is 2.51. The number of hydrogen-bond donors (Lipinski definition) is 0. The number of fused-ring (bicyclic) bond motifs is 1. The third-order valence-electron chi connectivity index (χ3n) is 3.38. The topological polar surface area (TPSA) is 44.1 Å². The van der Waals surface area contributed by atoms with Crippen LogP contribution in [0.3, 0.4) is 0 Å². The van der Waals surface area contributed by atoms with Crippen molar-refractivity contribution in [3.8, 4) is 5.75 Å². The van der Waals surface area contributed by atoms with Crippen LogP contribution < -0.4 is 10.3 Å². The maximum atomic E-state index is 12.5. The van der Waals surface area contributed by atoms with Crippen molar-refractivity contribution in [1.29, 1.82) is 0 Å². The van der Waals surface area contributed by atoms with Gasteiger partial charge in [-0.3, -0.25) is 9.36 Å². The van der Waals surface area contributed by atoms with Crippen LogP contribution in [0.1, 0.15) is 5.82 Å². The number of hydrogen-bond acceptors (Lipinski definition) is 3. The largest absolute Gasteiger partial charge is 0.492 e. The fourth-order valence-corrected chi connectivity index (χ4v) is 2.31. The van der Waals surface area contributed by atoms with E-state index in [1.807, 2.05) is 55.5 Å². The molecule has 2 aromatic carbocycles. The van der Waals surface area contributed by atoms with Crippen molar-refractivity contribution in [1.82, 2.24) is 9.55 Å². The van der Waals surface area contributed by atoms with Gasteiger partial charge in [-0.15, -0.1) is 0 Å². The van der Waals surface area contributed by atoms with Gasteiger partial charge in [0.15, 0.2) is 0 Å². The summed E-state index contributed by atoms with van der Waals surface area (Å²) in [7, 11) is 0. The normalized spacial score (nSPS) is 10.7. The van der Waals surface area contributed by atoms with E-state index in [9.17, 15) is 4.79 Å². The Bertz CT molecular complexity index is 810. The second-order valence-corrected chi connectivity index (χ2v) is 4.79. The van der Waals surface area contributed by atoms with Crippen LogP contribution in [-0.4, -0.2) is 16.2 Å². The Labute approximate surface area is 122 Å². The third kappa shape index (κ3) is 2.79. The summed E-state index contributed by atoms with van der Waals surface area (Å²) >= 11 is 0. The van der Waals surface area contributed by atoms with E-state index >= 15 is 0 Å². The molecule has 0 N–H and O–H groups in total. The summed E-state index contributed by atoms with van der Waals surface area (Å²) < 4.78 is 7.30. The summed E-state index contributed by atoms with van der Waals surface area (Å²) in [6.45, 7) is 2.76. The predicted octanol–water partition coefficient (Wildman–Crippen LogP) is 2.78. The van der Waals surface area contributed by atoms with Gasteiger partial charge in [-0.2, -0.15) is 0 Å². The van der Waals surface area contributed by atoms with Gasteiger partial charge in [0.05, 0.1) is 17.4 Å². The van der Waals surface area contributed by atoms with E-state index in [2.05, 4.69) is 4.98 Å². The zero-order valence-corrected chi connectivity index (χ0v) is 11.8. The first-order valence-electron chi connectivity index (χ1n) is 6.90. The molecule has 0 fully saturated rings. The molecule has 4 nitrogen and oxygen atoms in total. The minimum absolute atomic E-state index is 0.0187. The summed E-state index contributed by atoms with van der Waals surface area (Å²) in [4.78, 5) is 16.9. The molecule has 1 heterocycles. The standard InChI is InChI=1S/C17H16N2O2/c1-13-18-16-10-6-5-9-15(16)17(20)19(13)11-12-21-14-7-3-2-4-8-14/h2-10H,11-12H2,1H3. The molecule has 1 aromatic heterocycles. The lowest BCUT2D eigenvalue weighted by molar-refractivity contribution is 0.294. The van der Waals surface area contributed by atoms with Gasteiger partial charge in [-0.05, 0) is 31.2 Å². The van der Waals surface area contributed by atoms with E-state index in [-0.39, 0.29) is 5.56 Å². The van der Waals surface area contributed by atoms with Gasteiger partial charge < -0.3 is 4.74 Å². The number of aromatic nitrogens is 2. The zero-order valence-electron chi connectivity index (χ0n) is 11.8. The van der Waals surface area contributed by atoms with Gasteiger partial charge in [0, 0.05) is 0 Å². The summed E-state index contributed by atoms with van der Waals surface area (Å²) in [6.07, 6.45) is 0. The number of benzene rings is 2. The van der Waals surface area contributed by atoms with Crippen molar-refractivity contribution < 1.29 is 4.74 Å². The fourth-order valence-electron chi connectivity index (χ4n) is 2.31. The molecule has 0 aliphatic heterocycles. The summed E-state index contributed by atoms with van der Waals surface area (Å²) in [5.41, 5.74) is 0.718. The molecule has 0 spiro atoms. The predicted molar refractivity (Wildman–Crippen MR) is 82.7 cm³/mol. The molecule has 0 radical (unpaired) electrons. The Morgan fingerprint density at radius 1 is 1.05 bits per heavy atom. The van der Waals surface area contributed by atoms with Crippen molar-refractivity contribution in [2.45, 2.75) is 13.5 Å². The Balaban J connectivity index is 1.82. The molecule has 4 heteroatoms. The van der Waals surface area contributed by atoms with Crippen LogP contribution in [0, 0.1) is 6.92 Å². The first kappa shape index (κ1) is 13.4. The molecule has 3 rings (SSSR count). The molecule has 3 aromatic rings. The Hall–Kier alpha value is -2.62. The molecule has 0 aliphatic carbocycles. The van der Waals surface area contributed by atoms with Crippen molar-refractivity contribution in [3.05, 3.63) is 70.8 Å². The number of ether oxygens (including phenoxy) is 1. The van der Waals surface area contributed by atoms with Gasteiger partial charge >= 0.3 is 0 Å². The monoisotopic (exact) mass is 280 g/mol. The molecule has 0 aliphatic rings. The van der Waals surface area contributed by atoms with E-state index in [4.69, 9.17) is 4.74 Å². The number of aryl methyl sites for hydroxylation is 1. The van der Waals surface area contributed by atoms with E-state index < -0.39 is 0 Å². The molecule has 0 amide bonds. The maximum Gasteiger partial charge on any atom is 0.261 e. The first-order valence-corrected chi connectivity index (χ1v) is 6.90. The molecule has 0 saturated carbocycles. The van der Waals surface area contributed by atoms with E-state index in [1.165, 1.54) is 0 Å². The molecule has 0 atom stereocenters. The minimum atomic E-state index is -0.0187. The second-order valence-electron chi connectivity index (χ2n) is 4.79. The maximum absolute atomic E-state index is 12.5. The van der Waals surface area contributed by atoms with Crippen molar-refractivity contribution >= 4 is 10.9 Å². The average molecular weight is 280 g/mol. The highest BCUT2D eigenvalue weighted by molar-refractivity contribution is 5.77. The molecule has 21 heavy (non-hydrogen) atoms.